The van der Waals surface area contributed by atoms with Crippen LogP contribution in [0.15, 0.2) is 42.5 Å². The number of nitrogens with zero attached hydrogens (tertiary/aromatic N) is 2. The molecular weight excluding hydrogens is 428 g/mol. The summed E-state index contributed by atoms with van der Waals surface area (Å²) < 4.78 is 5.28. The molecule has 7 heteroatoms. The van der Waals surface area contributed by atoms with Gasteiger partial charge in [0, 0.05) is 47.8 Å². The van der Waals surface area contributed by atoms with E-state index in [4.69, 9.17) is 10.00 Å². The largest absolute Gasteiger partial charge is 0.384 e. The number of hydrogen-bond donors (Lipinski definition) is 2. The highest BCUT2D eigenvalue weighted by atomic mass is 16.5. The Morgan fingerprint density at radius 1 is 1.15 bits per heavy atom. The molecule has 1 aliphatic carbocycles. The number of carbonyl (C=O) groups is 2. The van der Waals surface area contributed by atoms with Crippen molar-refractivity contribution in [3.63, 3.8) is 0 Å². The highest BCUT2D eigenvalue weighted by molar-refractivity contribution is 6.06. The maximum atomic E-state index is 13.0. The highest BCUT2D eigenvalue weighted by Gasteiger charge is 2.25. The lowest BCUT2D eigenvalue weighted by Crippen LogP contribution is -2.33. The maximum Gasteiger partial charge on any atom is 0.256 e. The average molecular weight is 459 g/mol. The molecule has 3 aromatic rings. The number of ether oxygens (including phenoxy) is 1. The Kier molecular flexibility index (Phi) is 7.29. The summed E-state index contributed by atoms with van der Waals surface area (Å²) in [4.78, 5) is 31.0. The molecule has 0 radical (unpaired) electrons. The number of rotatable bonds is 7. The number of carbonyl (C=O) groups excluding carboxylic acids is 2. The summed E-state index contributed by atoms with van der Waals surface area (Å²) in [6.45, 7) is 0.508. The minimum atomic E-state index is -0.264. The van der Waals surface area contributed by atoms with Crippen LogP contribution in [0.4, 0.5) is 11.5 Å². The second-order valence-corrected chi connectivity index (χ2v) is 8.83. The van der Waals surface area contributed by atoms with Crippen molar-refractivity contribution in [2.24, 2.45) is 5.92 Å². The van der Waals surface area contributed by atoms with Gasteiger partial charge in [-0.25, -0.2) is 0 Å². The third-order valence-corrected chi connectivity index (χ3v) is 6.63. The first-order chi connectivity index (χ1) is 16.5. The molecule has 4 rings (SSSR count). The van der Waals surface area contributed by atoms with Crippen molar-refractivity contribution in [2.45, 2.75) is 38.5 Å². The summed E-state index contributed by atoms with van der Waals surface area (Å²) in [6.07, 6.45) is 5.98. The van der Waals surface area contributed by atoms with Crippen molar-refractivity contribution in [1.29, 1.82) is 5.26 Å². The van der Waals surface area contributed by atoms with Crippen LogP contribution in [0.1, 0.15) is 53.6 Å². The molecule has 2 aromatic carbocycles. The maximum absolute atomic E-state index is 13.0. The normalized spacial score (nSPS) is 14.0. The molecule has 0 unspecified atom stereocenters. The molecule has 176 valence electrons. The molecule has 0 atom stereocenters. The van der Waals surface area contributed by atoms with Crippen LogP contribution >= 0.6 is 0 Å². The molecule has 34 heavy (non-hydrogen) atoms. The van der Waals surface area contributed by atoms with Gasteiger partial charge in [0.25, 0.3) is 5.91 Å². The molecule has 0 spiro atoms. The molecule has 1 aromatic heterocycles. The van der Waals surface area contributed by atoms with Crippen LogP contribution in [-0.4, -0.2) is 37.6 Å². The van der Waals surface area contributed by atoms with E-state index < -0.39 is 0 Å². The first kappa shape index (κ1) is 23.5. The first-order valence-corrected chi connectivity index (χ1v) is 11.7. The molecule has 1 heterocycles. The van der Waals surface area contributed by atoms with Crippen molar-refractivity contribution >= 4 is 34.2 Å². The molecule has 0 saturated heterocycles. The SMILES string of the molecule is COCCc1c(NC(=O)c2ccc(C#N)cc2)[nH]c2cc(N(C)C(=O)C3CCCCC3)ccc12. The van der Waals surface area contributed by atoms with Gasteiger partial charge in [-0.2, -0.15) is 5.26 Å². The summed E-state index contributed by atoms with van der Waals surface area (Å²) in [5, 5.41) is 12.9. The van der Waals surface area contributed by atoms with E-state index in [1.807, 2.05) is 25.2 Å². The lowest BCUT2D eigenvalue weighted by atomic mass is 9.88. The number of aromatic nitrogens is 1. The van der Waals surface area contributed by atoms with Gasteiger partial charge in [-0.3, -0.25) is 9.59 Å². The number of aromatic amines is 1. The molecule has 1 aliphatic rings. The molecule has 2 N–H and O–H groups in total. The first-order valence-electron chi connectivity index (χ1n) is 11.7. The van der Waals surface area contributed by atoms with Crippen LogP contribution < -0.4 is 10.2 Å². The summed E-state index contributed by atoms with van der Waals surface area (Å²) >= 11 is 0. The zero-order valence-electron chi connectivity index (χ0n) is 19.7. The van der Waals surface area contributed by atoms with E-state index in [1.165, 1.54) is 6.42 Å². The fraction of sp³-hybridized carbons (Fsp3) is 0.370. The number of H-pyrrole nitrogens is 1. The standard InChI is InChI=1S/C27H30N4O3/c1-31(27(33)20-6-4-3-5-7-20)21-12-13-22-23(14-15-34-2)25(29-24(22)16-21)30-26(32)19-10-8-18(17-28)9-11-19/h8-13,16,20,29H,3-7,14-15H2,1-2H3,(H,30,32). The summed E-state index contributed by atoms with van der Waals surface area (Å²) in [5.74, 6) is 0.608. The van der Waals surface area contributed by atoms with Crippen LogP contribution in [0.3, 0.4) is 0 Å². The summed E-state index contributed by atoms with van der Waals surface area (Å²) in [6, 6.07) is 14.5. The van der Waals surface area contributed by atoms with E-state index in [2.05, 4.69) is 16.4 Å². The van der Waals surface area contributed by atoms with Gasteiger partial charge in [0.05, 0.1) is 18.2 Å². The number of anilines is 2. The monoisotopic (exact) mass is 458 g/mol. The zero-order chi connectivity index (χ0) is 24.1. The van der Waals surface area contributed by atoms with Gasteiger partial charge in [-0.15, -0.1) is 0 Å². The van der Waals surface area contributed by atoms with Crippen LogP contribution in [0.25, 0.3) is 10.9 Å². The zero-order valence-corrected chi connectivity index (χ0v) is 19.7. The number of methoxy groups -OCH3 is 1. The highest BCUT2D eigenvalue weighted by Crippen LogP contribution is 2.32. The van der Waals surface area contributed by atoms with Crippen molar-refractivity contribution in [2.75, 3.05) is 31.0 Å². The molecule has 0 aliphatic heterocycles. The molecule has 1 fully saturated rings. The molecule has 0 bridgehead atoms. The van der Waals surface area contributed by atoms with Crippen LogP contribution in [0, 0.1) is 17.2 Å². The van der Waals surface area contributed by atoms with Gasteiger partial charge < -0.3 is 19.9 Å². The van der Waals surface area contributed by atoms with Gasteiger partial charge >= 0.3 is 0 Å². The Hall–Kier alpha value is -3.63. The Balaban J connectivity index is 1.61. The molecular formula is C27H30N4O3. The second-order valence-electron chi connectivity index (χ2n) is 8.83. The van der Waals surface area contributed by atoms with Gasteiger partial charge in [-0.05, 0) is 55.7 Å². The van der Waals surface area contributed by atoms with Gasteiger partial charge in [-0.1, -0.05) is 25.3 Å². The van der Waals surface area contributed by atoms with Crippen molar-refractivity contribution < 1.29 is 14.3 Å². The predicted molar refractivity (Wildman–Crippen MR) is 133 cm³/mol. The van der Waals surface area contributed by atoms with Gasteiger partial charge in [0.2, 0.25) is 5.91 Å². The Labute approximate surface area is 199 Å². The Bertz CT molecular complexity index is 1220. The fourth-order valence-electron chi connectivity index (χ4n) is 4.66. The third-order valence-electron chi connectivity index (χ3n) is 6.63. The van der Waals surface area contributed by atoms with Gasteiger partial charge in [0.15, 0.2) is 0 Å². The Morgan fingerprint density at radius 2 is 1.88 bits per heavy atom. The number of hydrogen-bond acceptors (Lipinski definition) is 4. The Morgan fingerprint density at radius 3 is 2.56 bits per heavy atom. The van der Waals surface area contributed by atoms with E-state index in [-0.39, 0.29) is 17.7 Å². The third kappa shape index (κ3) is 4.97. The number of fused-ring (bicyclic) bond motifs is 1. The predicted octanol–water partition coefficient (Wildman–Crippen LogP) is 5.02. The number of benzene rings is 2. The minimum absolute atomic E-state index is 0.0950. The summed E-state index contributed by atoms with van der Waals surface area (Å²) in [7, 11) is 3.48. The number of nitrogens with one attached hydrogen (secondary N) is 2. The van der Waals surface area contributed by atoms with E-state index >= 15 is 0 Å². The van der Waals surface area contributed by atoms with E-state index in [1.54, 1.807) is 36.3 Å². The van der Waals surface area contributed by atoms with Gasteiger partial charge in [0.1, 0.15) is 5.82 Å². The lowest BCUT2D eigenvalue weighted by Gasteiger charge is -2.26. The number of amides is 2. The second kappa shape index (κ2) is 10.5. The summed E-state index contributed by atoms with van der Waals surface area (Å²) in [5.41, 5.74) is 3.59. The van der Waals surface area contributed by atoms with Crippen LogP contribution in [0.2, 0.25) is 0 Å². The number of nitriles is 1. The van der Waals surface area contributed by atoms with Crippen molar-refractivity contribution in [3.05, 3.63) is 59.2 Å². The molecule has 7 nitrogen and oxygen atoms in total. The van der Waals surface area contributed by atoms with Crippen LogP contribution in [0.5, 0.6) is 0 Å². The molecule has 2 amide bonds. The van der Waals surface area contributed by atoms with Crippen LogP contribution in [-0.2, 0) is 16.0 Å². The van der Waals surface area contributed by atoms with E-state index in [9.17, 15) is 9.59 Å². The van der Waals surface area contributed by atoms with E-state index in [0.717, 1.165) is 47.8 Å². The topological polar surface area (TPSA) is 98.2 Å². The fourth-order valence-corrected chi connectivity index (χ4v) is 4.66. The van der Waals surface area contributed by atoms with E-state index in [0.29, 0.717) is 30.0 Å². The quantitative estimate of drug-likeness (QED) is 0.519. The average Bonchev–Trinajstić information content (AvgIpc) is 3.22. The lowest BCUT2D eigenvalue weighted by molar-refractivity contribution is -0.123. The smallest absolute Gasteiger partial charge is 0.256 e. The molecule has 1 saturated carbocycles. The van der Waals surface area contributed by atoms with Crippen molar-refractivity contribution in [3.8, 4) is 6.07 Å². The van der Waals surface area contributed by atoms with Crippen molar-refractivity contribution in [1.82, 2.24) is 4.98 Å². The minimum Gasteiger partial charge on any atom is -0.384 e.